The quantitative estimate of drug-likeness (QED) is 0.822. The Morgan fingerprint density at radius 1 is 1.39 bits per heavy atom. The Bertz CT molecular complexity index is 640. The topological polar surface area (TPSA) is 71.7 Å². The SMILES string of the molecule is CCC(Oc1ccccc1F)C(=O)NCC(C)(O)c1ccco1. The third-order valence-corrected chi connectivity index (χ3v) is 3.43. The molecule has 2 atom stereocenters. The van der Waals surface area contributed by atoms with Crippen molar-refractivity contribution in [3.8, 4) is 5.75 Å². The zero-order valence-corrected chi connectivity index (χ0v) is 13.1. The zero-order valence-electron chi connectivity index (χ0n) is 13.1. The smallest absolute Gasteiger partial charge is 0.261 e. The first-order chi connectivity index (χ1) is 10.9. The maximum Gasteiger partial charge on any atom is 0.261 e. The Balaban J connectivity index is 1.97. The Kier molecular flexibility index (Phi) is 5.39. The summed E-state index contributed by atoms with van der Waals surface area (Å²) in [6.45, 7) is 3.25. The molecule has 124 valence electrons. The van der Waals surface area contributed by atoms with Crippen molar-refractivity contribution in [2.24, 2.45) is 0 Å². The van der Waals surface area contributed by atoms with Crippen molar-refractivity contribution in [3.63, 3.8) is 0 Å². The van der Waals surface area contributed by atoms with Gasteiger partial charge in [-0.3, -0.25) is 4.79 Å². The van der Waals surface area contributed by atoms with Crippen LogP contribution in [-0.4, -0.2) is 23.7 Å². The van der Waals surface area contributed by atoms with E-state index in [1.807, 2.05) is 0 Å². The number of hydrogen-bond acceptors (Lipinski definition) is 4. The fraction of sp³-hybridized carbons (Fsp3) is 0.353. The summed E-state index contributed by atoms with van der Waals surface area (Å²) in [5.74, 6) is -0.586. The van der Waals surface area contributed by atoms with Gasteiger partial charge in [0, 0.05) is 0 Å². The lowest BCUT2D eigenvalue weighted by atomic mass is 10.0. The molecule has 0 saturated heterocycles. The van der Waals surface area contributed by atoms with Gasteiger partial charge in [0.15, 0.2) is 17.7 Å². The number of amides is 1. The van der Waals surface area contributed by atoms with Crippen molar-refractivity contribution in [1.29, 1.82) is 0 Å². The van der Waals surface area contributed by atoms with Crippen LogP contribution in [0, 0.1) is 5.82 Å². The first kappa shape index (κ1) is 17.0. The number of carbonyl (C=O) groups excluding carboxylic acids is 1. The molecule has 23 heavy (non-hydrogen) atoms. The lowest BCUT2D eigenvalue weighted by Gasteiger charge is -2.23. The van der Waals surface area contributed by atoms with Crippen molar-refractivity contribution in [2.75, 3.05) is 6.54 Å². The molecule has 0 spiro atoms. The summed E-state index contributed by atoms with van der Waals surface area (Å²) in [7, 11) is 0. The van der Waals surface area contributed by atoms with E-state index >= 15 is 0 Å². The second kappa shape index (κ2) is 7.28. The van der Waals surface area contributed by atoms with Crippen LogP contribution in [0.4, 0.5) is 4.39 Å². The number of nitrogens with one attached hydrogen (secondary N) is 1. The molecule has 2 rings (SSSR count). The summed E-state index contributed by atoms with van der Waals surface area (Å²) in [6, 6.07) is 9.18. The summed E-state index contributed by atoms with van der Waals surface area (Å²) < 4.78 is 24.2. The van der Waals surface area contributed by atoms with Crippen LogP contribution in [0.2, 0.25) is 0 Å². The molecule has 0 saturated carbocycles. The average Bonchev–Trinajstić information content (AvgIpc) is 3.07. The van der Waals surface area contributed by atoms with E-state index in [0.717, 1.165) is 0 Å². The minimum Gasteiger partial charge on any atom is -0.478 e. The summed E-state index contributed by atoms with van der Waals surface area (Å²) in [6.07, 6.45) is 0.962. The molecule has 5 nitrogen and oxygen atoms in total. The van der Waals surface area contributed by atoms with E-state index in [0.29, 0.717) is 12.2 Å². The van der Waals surface area contributed by atoms with Gasteiger partial charge in [0.2, 0.25) is 0 Å². The minimum absolute atomic E-state index is 0.0206. The van der Waals surface area contributed by atoms with E-state index in [2.05, 4.69) is 5.32 Å². The van der Waals surface area contributed by atoms with Crippen LogP contribution < -0.4 is 10.1 Å². The zero-order chi connectivity index (χ0) is 16.9. The van der Waals surface area contributed by atoms with Crippen molar-refractivity contribution >= 4 is 5.91 Å². The van der Waals surface area contributed by atoms with Crippen molar-refractivity contribution in [1.82, 2.24) is 5.32 Å². The number of benzene rings is 1. The van der Waals surface area contributed by atoms with Crippen LogP contribution in [-0.2, 0) is 10.4 Å². The highest BCUT2D eigenvalue weighted by molar-refractivity contribution is 5.81. The minimum atomic E-state index is -1.34. The van der Waals surface area contributed by atoms with Crippen LogP contribution in [0.3, 0.4) is 0 Å². The highest BCUT2D eigenvalue weighted by atomic mass is 19.1. The van der Waals surface area contributed by atoms with Gasteiger partial charge in [-0.05, 0) is 37.6 Å². The van der Waals surface area contributed by atoms with Gasteiger partial charge < -0.3 is 19.6 Å². The summed E-state index contributed by atoms with van der Waals surface area (Å²) in [5, 5.41) is 12.9. The predicted octanol–water partition coefficient (Wildman–Crippen LogP) is 2.60. The van der Waals surface area contributed by atoms with Gasteiger partial charge in [-0.15, -0.1) is 0 Å². The molecule has 2 aromatic rings. The number of furan rings is 1. The summed E-state index contributed by atoms with van der Waals surface area (Å²) in [4.78, 5) is 12.2. The van der Waals surface area contributed by atoms with Crippen LogP contribution in [0.25, 0.3) is 0 Å². The fourth-order valence-corrected chi connectivity index (χ4v) is 2.06. The molecule has 6 heteroatoms. The predicted molar refractivity (Wildman–Crippen MR) is 82.4 cm³/mol. The van der Waals surface area contributed by atoms with E-state index in [9.17, 15) is 14.3 Å². The first-order valence-electron chi connectivity index (χ1n) is 7.39. The number of aliphatic hydroxyl groups is 1. The Labute approximate surface area is 134 Å². The van der Waals surface area contributed by atoms with E-state index in [4.69, 9.17) is 9.15 Å². The molecular formula is C17H20FNO4. The van der Waals surface area contributed by atoms with Crippen LogP contribution >= 0.6 is 0 Å². The van der Waals surface area contributed by atoms with Gasteiger partial charge in [0.25, 0.3) is 5.91 Å². The van der Waals surface area contributed by atoms with Crippen LogP contribution in [0.5, 0.6) is 5.75 Å². The fourth-order valence-electron chi connectivity index (χ4n) is 2.06. The molecule has 1 heterocycles. The molecule has 0 aliphatic carbocycles. The Morgan fingerprint density at radius 3 is 2.74 bits per heavy atom. The number of ether oxygens (including phenoxy) is 1. The molecule has 2 N–H and O–H groups in total. The normalized spacial score (nSPS) is 14.8. The standard InChI is InChI=1S/C17H20FNO4/c1-3-13(23-14-8-5-4-7-12(14)18)16(20)19-11-17(2,21)15-9-6-10-22-15/h4-10,13,21H,3,11H2,1-2H3,(H,19,20). The van der Waals surface area contributed by atoms with Crippen LogP contribution in [0.15, 0.2) is 47.1 Å². The number of hydrogen-bond donors (Lipinski definition) is 2. The molecule has 0 aliphatic rings. The highest BCUT2D eigenvalue weighted by Crippen LogP contribution is 2.21. The number of halogens is 1. The molecule has 2 unspecified atom stereocenters. The number of para-hydroxylation sites is 1. The van der Waals surface area contributed by atoms with Crippen molar-refractivity contribution in [3.05, 3.63) is 54.2 Å². The molecule has 0 bridgehead atoms. The van der Waals surface area contributed by atoms with Crippen LogP contribution in [0.1, 0.15) is 26.0 Å². The average molecular weight is 321 g/mol. The third kappa shape index (κ3) is 4.32. The lowest BCUT2D eigenvalue weighted by Crippen LogP contribution is -2.44. The Morgan fingerprint density at radius 2 is 2.13 bits per heavy atom. The molecule has 1 aromatic carbocycles. The maximum absolute atomic E-state index is 13.6. The van der Waals surface area contributed by atoms with Crippen molar-refractivity contribution in [2.45, 2.75) is 32.0 Å². The van der Waals surface area contributed by atoms with E-state index in [-0.39, 0.29) is 12.3 Å². The maximum atomic E-state index is 13.6. The summed E-state index contributed by atoms with van der Waals surface area (Å²) in [5.41, 5.74) is -1.34. The van der Waals surface area contributed by atoms with Gasteiger partial charge in [-0.2, -0.15) is 0 Å². The lowest BCUT2D eigenvalue weighted by molar-refractivity contribution is -0.129. The van der Waals surface area contributed by atoms with Crippen molar-refractivity contribution < 1.29 is 23.4 Å². The monoisotopic (exact) mass is 321 g/mol. The molecular weight excluding hydrogens is 301 g/mol. The molecule has 0 radical (unpaired) electrons. The van der Waals surface area contributed by atoms with E-state index in [1.54, 1.807) is 31.2 Å². The molecule has 1 aromatic heterocycles. The highest BCUT2D eigenvalue weighted by Gasteiger charge is 2.28. The number of carbonyl (C=O) groups is 1. The van der Waals surface area contributed by atoms with E-state index in [1.165, 1.54) is 25.3 Å². The molecule has 0 aliphatic heterocycles. The van der Waals surface area contributed by atoms with E-state index < -0.39 is 23.4 Å². The number of rotatable bonds is 7. The molecule has 1 amide bonds. The second-order valence-corrected chi connectivity index (χ2v) is 5.41. The third-order valence-electron chi connectivity index (χ3n) is 3.43. The van der Waals surface area contributed by atoms with Gasteiger partial charge in [0.05, 0.1) is 12.8 Å². The molecule has 0 fully saturated rings. The second-order valence-electron chi connectivity index (χ2n) is 5.41. The summed E-state index contributed by atoms with van der Waals surface area (Å²) >= 11 is 0. The van der Waals surface area contributed by atoms with Gasteiger partial charge in [-0.1, -0.05) is 19.1 Å². The first-order valence-corrected chi connectivity index (χ1v) is 7.39. The largest absolute Gasteiger partial charge is 0.478 e. The van der Waals surface area contributed by atoms with Gasteiger partial charge in [-0.25, -0.2) is 4.39 Å². The Hall–Kier alpha value is -2.34. The van der Waals surface area contributed by atoms with Gasteiger partial charge in [0.1, 0.15) is 11.4 Å². The van der Waals surface area contributed by atoms with Gasteiger partial charge >= 0.3 is 0 Å².